The minimum Gasteiger partial charge on any atom is -0.324 e. The second-order valence-corrected chi connectivity index (χ2v) is 3.88. The molecule has 0 bridgehead atoms. The van der Waals surface area contributed by atoms with Crippen LogP contribution in [0.1, 0.15) is 12.8 Å². The summed E-state index contributed by atoms with van der Waals surface area (Å²) in [4.78, 5) is 16.3. The van der Waals surface area contributed by atoms with Crippen molar-refractivity contribution >= 4 is 7.60 Å². The zero-order valence-electron chi connectivity index (χ0n) is 5.51. The van der Waals surface area contributed by atoms with Crippen LogP contribution in [-0.4, -0.2) is 22.1 Å². The molecule has 0 aliphatic rings. The maximum Gasteiger partial charge on any atom is 0.389 e. The molecule has 0 amide bonds. The number of halogens is 3. The van der Waals surface area contributed by atoms with Crippen molar-refractivity contribution in [1.29, 1.82) is 0 Å². The van der Waals surface area contributed by atoms with Crippen LogP contribution in [0.15, 0.2) is 0 Å². The van der Waals surface area contributed by atoms with Gasteiger partial charge in [0.15, 0.2) is 0 Å². The second kappa shape index (κ2) is 3.56. The van der Waals surface area contributed by atoms with Crippen molar-refractivity contribution in [2.24, 2.45) is 0 Å². The van der Waals surface area contributed by atoms with E-state index in [4.69, 9.17) is 9.79 Å². The van der Waals surface area contributed by atoms with E-state index in [1.807, 2.05) is 0 Å². The van der Waals surface area contributed by atoms with Gasteiger partial charge < -0.3 is 9.79 Å². The Labute approximate surface area is 61.4 Å². The zero-order chi connectivity index (χ0) is 9.12. The summed E-state index contributed by atoms with van der Waals surface area (Å²) in [5, 5.41) is 0. The molecule has 0 aliphatic heterocycles. The summed E-state index contributed by atoms with van der Waals surface area (Å²) in [6, 6.07) is 0. The maximum atomic E-state index is 11.4. The van der Waals surface area contributed by atoms with Gasteiger partial charge in [-0.15, -0.1) is 0 Å². The molecular formula is C4H8F3O3P. The third-order valence-corrected chi connectivity index (χ3v) is 1.81. The lowest BCUT2D eigenvalue weighted by Gasteiger charge is -2.06. The van der Waals surface area contributed by atoms with Gasteiger partial charge in [0.2, 0.25) is 0 Å². The van der Waals surface area contributed by atoms with E-state index in [0.717, 1.165) is 0 Å². The molecule has 0 saturated carbocycles. The van der Waals surface area contributed by atoms with Crippen LogP contribution >= 0.6 is 7.60 Å². The molecular weight excluding hydrogens is 184 g/mol. The Hall–Kier alpha value is -0.0600. The third kappa shape index (κ3) is 9.94. The normalized spacial score (nSPS) is 13.5. The Morgan fingerprint density at radius 2 is 1.73 bits per heavy atom. The Morgan fingerprint density at radius 1 is 1.27 bits per heavy atom. The number of rotatable bonds is 3. The number of hydrogen-bond donors (Lipinski definition) is 2. The number of hydrogen-bond acceptors (Lipinski definition) is 1. The fourth-order valence-electron chi connectivity index (χ4n) is 0.485. The minimum atomic E-state index is -4.32. The molecule has 68 valence electrons. The fourth-order valence-corrected chi connectivity index (χ4v) is 1.06. The van der Waals surface area contributed by atoms with Crippen molar-refractivity contribution in [3.63, 3.8) is 0 Å². The topological polar surface area (TPSA) is 57.5 Å². The van der Waals surface area contributed by atoms with E-state index in [9.17, 15) is 17.7 Å². The maximum absolute atomic E-state index is 11.4. The molecule has 0 heterocycles. The van der Waals surface area contributed by atoms with Gasteiger partial charge in [0, 0.05) is 6.42 Å². The Kier molecular flexibility index (Phi) is 3.54. The molecule has 0 aromatic carbocycles. The highest BCUT2D eigenvalue weighted by atomic mass is 31.2. The SMILES string of the molecule is O=P(O)(O)CCCC(F)(F)F. The van der Waals surface area contributed by atoms with Gasteiger partial charge in [-0.1, -0.05) is 0 Å². The van der Waals surface area contributed by atoms with Crippen LogP contribution in [0.2, 0.25) is 0 Å². The van der Waals surface area contributed by atoms with Crippen molar-refractivity contribution in [2.75, 3.05) is 6.16 Å². The number of alkyl halides is 3. The van der Waals surface area contributed by atoms with E-state index >= 15 is 0 Å². The summed E-state index contributed by atoms with van der Waals surface area (Å²) in [5.41, 5.74) is 0. The van der Waals surface area contributed by atoms with Gasteiger partial charge in [-0.2, -0.15) is 13.2 Å². The first-order valence-electron chi connectivity index (χ1n) is 2.82. The highest BCUT2D eigenvalue weighted by molar-refractivity contribution is 7.51. The molecule has 0 rings (SSSR count). The van der Waals surface area contributed by atoms with Crippen LogP contribution in [0.25, 0.3) is 0 Å². The van der Waals surface area contributed by atoms with Crippen molar-refractivity contribution in [2.45, 2.75) is 19.0 Å². The molecule has 7 heteroatoms. The lowest BCUT2D eigenvalue weighted by atomic mass is 10.3. The van der Waals surface area contributed by atoms with E-state index in [2.05, 4.69) is 0 Å². The van der Waals surface area contributed by atoms with E-state index in [0.29, 0.717) is 0 Å². The molecule has 11 heavy (non-hydrogen) atoms. The van der Waals surface area contributed by atoms with Gasteiger partial charge in [0.1, 0.15) is 0 Å². The van der Waals surface area contributed by atoms with Crippen LogP contribution in [0.5, 0.6) is 0 Å². The fraction of sp³-hybridized carbons (Fsp3) is 1.00. The average Bonchev–Trinajstić information content (AvgIpc) is 1.55. The molecule has 0 aromatic heterocycles. The molecule has 0 aliphatic carbocycles. The summed E-state index contributed by atoms with van der Waals surface area (Å²) in [7, 11) is -4.25. The van der Waals surface area contributed by atoms with E-state index in [1.165, 1.54) is 0 Å². The van der Waals surface area contributed by atoms with Crippen LogP contribution in [-0.2, 0) is 4.57 Å². The molecule has 0 radical (unpaired) electrons. The van der Waals surface area contributed by atoms with Crippen molar-refractivity contribution in [1.82, 2.24) is 0 Å². The smallest absolute Gasteiger partial charge is 0.324 e. The summed E-state index contributed by atoms with van der Waals surface area (Å²) in [5.74, 6) is 0. The molecule has 0 atom stereocenters. The molecule has 0 fully saturated rings. The first-order valence-corrected chi connectivity index (χ1v) is 4.62. The predicted molar refractivity (Wildman–Crippen MR) is 32.2 cm³/mol. The molecule has 0 saturated heterocycles. The standard InChI is InChI=1S/C4H8F3O3P/c5-4(6,7)2-1-3-11(8,9)10/h1-3H2,(H2,8,9,10). The minimum absolute atomic E-state index is 0.520. The van der Waals surface area contributed by atoms with Crippen molar-refractivity contribution in [3.8, 4) is 0 Å². The lowest BCUT2D eigenvalue weighted by Crippen LogP contribution is -2.07. The first kappa shape index (κ1) is 10.9. The quantitative estimate of drug-likeness (QED) is 0.666. The van der Waals surface area contributed by atoms with Gasteiger partial charge in [-0.25, -0.2) is 0 Å². The van der Waals surface area contributed by atoms with E-state index < -0.39 is 32.8 Å². The molecule has 3 nitrogen and oxygen atoms in total. The van der Waals surface area contributed by atoms with Gasteiger partial charge in [0.25, 0.3) is 0 Å². The van der Waals surface area contributed by atoms with Crippen LogP contribution in [0.4, 0.5) is 13.2 Å². The monoisotopic (exact) mass is 192 g/mol. The van der Waals surface area contributed by atoms with Gasteiger partial charge >= 0.3 is 13.8 Å². The van der Waals surface area contributed by atoms with Gasteiger partial charge in [-0.05, 0) is 6.42 Å². The van der Waals surface area contributed by atoms with E-state index in [1.54, 1.807) is 0 Å². The van der Waals surface area contributed by atoms with Crippen LogP contribution in [0, 0.1) is 0 Å². The Balaban J connectivity index is 3.52. The molecule has 0 unspecified atom stereocenters. The van der Waals surface area contributed by atoms with Gasteiger partial charge in [-0.3, -0.25) is 4.57 Å². The average molecular weight is 192 g/mol. The lowest BCUT2D eigenvalue weighted by molar-refractivity contribution is -0.134. The highest BCUT2D eigenvalue weighted by Crippen LogP contribution is 2.36. The van der Waals surface area contributed by atoms with Crippen LogP contribution < -0.4 is 0 Å². The zero-order valence-corrected chi connectivity index (χ0v) is 6.40. The third-order valence-electron chi connectivity index (χ3n) is 0.910. The highest BCUT2D eigenvalue weighted by Gasteiger charge is 2.27. The second-order valence-electron chi connectivity index (χ2n) is 2.11. The molecule has 0 spiro atoms. The van der Waals surface area contributed by atoms with Crippen molar-refractivity contribution in [3.05, 3.63) is 0 Å². The molecule has 2 N–H and O–H groups in total. The Morgan fingerprint density at radius 3 is 2.00 bits per heavy atom. The summed E-state index contributed by atoms with van der Waals surface area (Å²) in [6.07, 6.45) is -6.69. The summed E-state index contributed by atoms with van der Waals surface area (Å²) in [6.45, 7) is 0. The predicted octanol–water partition coefficient (Wildman–Crippen LogP) is 1.51. The molecule has 0 aromatic rings. The van der Waals surface area contributed by atoms with Crippen LogP contribution in [0.3, 0.4) is 0 Å². The summed E-state index contributed by atoms with van der Waals surface area (Å²) < 4.78 is 44.2. The van der Waals surface area contributed by atoms with E-state index in [-0.39, 0.29) is 0 Å². The largest absolute Gasteiger partial charge is 0.389 e. The summed E-state index contributed by atoms with van der Waals surface area (Å²) >= 11 is 0. The van der Waals surface area contributed by atoms with Gasteiger partial charge in [0.05, 0.1) is 6.16 Å². The van der Waals surface area contributed by atoms with Crippen molar-refractivity contribution < 1.29 is 27.5 Å². The first-order chi connectivity index (χ1) is 4.71. The Bertz CT molecular complexity index is 160.